The first-order valence-corrected chi connectivity index (χ1v) is 8.18. The van der Waals surface area contributed by atoms with Crippen LogP contribution in [-0.2, 0) is 22.6 Å². The van der Waals surface area contributed by atoms with Crippen LogP contribution in [0.3, 0.4) is 0 Å². The molecular weight excluding hydrogens is 278 g/mol. The molecule has 0 aromatic heterocycles. The van der Waals surface area contributed by atoms with Crippen LogP contribution in [0.25, 0.3) is 0 Å². The zero-order chi connectivity index (χ0) is 15.2. The average molecular weight is 303 g/mol. The first-order valence-electron chi connectivity index (χ1n) is 8.18. The predicted octanol–water partition coefficient (Wildman–Crippen LogP) is 0.745. The third-order valence-electron chi connectivity index (χ3n) is 4.50. The monoisotopic (exact) mass is 303 g/mol. The van der Waals surface area contributed by atoms with E-state index in [9.17, 15) is 4.79 Å². The number of ether oxygens (including phenoxy) is 1. The summed E-state index contributed by atoms with van der Waals surface area (Å²) in [5.41, 5.74) is 2.52. The Morgan fingerprint density at radius 2 is 2.05 bits per heavy atom. The molecule has 2 heterocycles. The summed E-state index contributed by atoms with van der Waals surface area (Å²) in [5, 5.41) is 6.33. The van der Waals surface area contributed by atoms with Gasteiger partial charge in [-0.15, -0.1) is 0 Å². The molecule has 1 aromatic carbocycles. The second kappa shape index (κ2) is 7.72. The molecule has 5 nitrogen and oxygen atoms in total. The number of hydrogen-bond acceptors (Lipinski definition) is 4. The van der Waals surface area contributed by atoms with E-state index in [1.54, 1.807) is 0 Å². The highest BCUT2D eigenvalue weighted by molar-refractivity contribution is 5.79. The molecule has 3 rings (SSSR count). The third-order valence-corrected chi connectivity index (χ3v) is 4.50. The van der Waals surface area contributed by atoms with Gasteiger partial charge in [0.05, 0.1) is 19.1 Å². The molecule has 2 fully saturated rings. The minimum Gasteiger partial charge on any atom is -0.379 e. The van der Waals surface area contributed by atoms with Gasteiger partial charge >= 0.3 is 0 Å². The van der Waals surface area contributed by atoms with Crippen LogP contribution in [0.4, 0.5) is 0 Å². The Morgan fingerprint density at radius 3 is 2.77 bits per heavy atom. The molecule has 2 aliphatic heterocycles. The number of morpholine rings is 1. The van der Waals surface area contributed by atoms with Crippen LogP contribution in [0.1, 0.15) is 17.5 Å². The van der Waals surface area contributed by atoms with Gasteiger partial charge in [0.15, 0.2) is 0 Å². The number of carbonyl (C=O) groups excluding carboxylic acids is 1. The van der Waals surface area contributed by atoms with Crippen molar-refractivity contribution in [1.82, 2.24) is 15.5 Å². The highest BCUT2D eigenvalue weighted by atomic mass is 16.5. The van der Waals surface area contributed by atoms with Gasteiger partial charge in [0, 0.05) is 32.7 Å². The molecule has 1 unspecified atom stereocenters. The third kappa shape index (κ3) is 4.06. The molecule has 1 amide bonds. The van der Waals surface area contributed by atoms with E-state index in [1.165, 1.54) is 11.1 Å². The smallest absolute Gasteiger partial charge is 0.224 e. The quantitative estimate of drug-likeness (QED) is 0.843. The predicted molar refractivity (Wildman–Crippen MR) is 85.4 cm³/mol. The van der Waals surface area contributed by atoms with Gasteiger partial charge in [-0.25, -0.2) is 0 Å². The summed E-state index contributed by atoms with van der Waals surface area (Å²) in [6.07, 6.45) is 0.946. The lowest BCUT2D eigenvalue weighted by molar-refractivity contribution is -0.124. The average Bonchev–Trinajstić information content (AvgIpc) is 3.09. The van der Waals surface area contributed by atoms with Crippen LogP contribution < -0.4 is 10.6 Å². The summed E-state index contributed by atoms with van der Waals surface area (Å²) >= 11 is 0. The highest BCUT2D eigenvalue weighted by Gasteiger charge is 2.22. The second-order valence-electron chi connectivity index (χ2n) is 6.06. The van der Waals surface area contributed by atoms with Gasteiger partial charge in [0.2, 0.25) is 5.91 Å². The van der Waals surface area contributed by atoms with E-state index in [4.69, 9.17) is 4.74 Å². The lowest BCUT2D eigenvalue weighted by atomic mass is 10.1. The van der Waals surface area contributed by atoms with E-state index in [-0.39, 0.29) is 11.8 Å². The number of rotatable bonds is 5. The van der Waals surface area contributed by atoms with Gasteiger partial charge < -0.3 is 15.4 Å². The Balaban J connectivity index is 1.57. The Morgan fingerprint density at radius 1 is 1.27 bits per heavy atom. The molecule has 2 N–H and O–H groups in total. The summed E-state index contributed by atoms with van der Waals surface area (Å²) < 4.78 is 5.40. The van der Waals surface area contributed by atoms with Crippen molar-refractivity contribution in [1.29, 1.82) is 0 Å². The van der Waals surface area contributed by atoms with Crippen molar-refractivity contribution in [3.8, 4) is 0 Å². The number of amides is 1. The largest absolute Gasteiger partial charge is 0.379 e. The summed E-state index contributed by atoms with van der Waals surface area (Å²) in [6, 6.07) is 8.39. The van der Waals surface area contributed by atoms with Gasteiger partial charge in [-0.2, -0.15) is 0 Å². The second-order valence-corrected chi connectivity index (χ2v) is 6.06. The standard InChI is InChI=1S/C17H25N3O2/c21-17(15-5-6-18-11-15)19-12-14-3-1-2-4-16(14)13-20-7-9-22-10-8-20/h1-4,15,18H,5-13H2,(H,19,21). The van der Waals surface area contributed by atoms with E-state index >= 15 is 0 Å². The molecular formula is C17H25N3O2. The van der Waals surface area contributed by atoms with E-state index in [0.717, 1.165) is 52.4 Å². The topological polar surface area (TPSA) is 53.6 Å². The SMILES string of the molecule is O=C(NCc1ccccc1CN1CCOCC1)C1CCNC1. The fraction of sp³-hybridized carbons (Fsp3) is 0.588. The maximum absolute atomic E-state index is 12.1. The van der Waals surface area contributed by atoms with Crippen molar-refractivity contribution < 1.29 is 9.53 Å². The zero-order valence-corrected chi connectivity index (χ0v) is 13.0. The van der Waals surface area contributed by atoms with Crippen LogP contribution in [0, 0.1) is 5.92 Å². The Bertz CT molecular complexity index is 494. The minimum absolute atomic E-state index is 0.131. The maximum atomic E-state index is 12.1. The zero-order valence-electron chi connectivity index (χ0n) is 13.0. The van der Waals surface area contributed by atoms with E-state index in [0.29, 0.717) is 6.54 Å². The fourth-order valence-corrected chi connectivity index (χ4v) is 3.09. The van der Waals surface area contributed by atoms with Crippen molar-refractivity contribution in [3.05, 3.63) is 35.4 Å². The van der Waals surface area contributed by atoms with Crippen LogP contribution in [0.15, 0.2) is 24.3 Å². The van der Waals surface area contributed by atoms with Gasteiger partial charge in [0.25, 0.3) is 0 Å². The molecule has 2 saturated heterocycles. The number of carbonyl (C=O) groups is 1. The first kappa shape index (κ1) is 15.5. The highest BCUT2D eigenvalue weighted by Crippen LogP contribution is 2.14. The molecule has 22 heavy (non-hydrogen) atoms. The van der Waals surface area contributed by atoms with E-state index < -0.39 is 0 Å². The van der Waals surface area contributed by atoms with Crippen LogP contribution in [-0.4, -0.2) is 50.2 Å². The van der Waals surface area contributed by atoms with Gasteiger partial charge in [0.1, 0.15) is 0 Å². The lowest BCUT2D eigenvalue weighted by Crippen LogP contribution is -2.36. The number of benzene rings is 1. The molecule has 0 aliphatic carbocycles. The van der Waals surface area contributed by atoms with Crippen molar-refractivity contribution in [3.63, 3.8) is 0 Å². The van der Waals surface area contributed by atoms with Gasteiger partial charge in [-0.1, -0.05) is 24.3 Å². The van der Waals surface area contributed by atoms with E-state index in [2.05, 4.69) is 33.7 Å². The molecule has 0 bridgehead atoms. The molecule has 5 heteroatoms. The normalized spacial score (nSPS) is 22.6. The fourth-order valence-electron chi connectivity index (χ4n) is 3.09. The molecule has 1 aromatic rings. The molecule has 120 valence electrons. The molecule has 0 saturated carbocycles. The lowest BCUT2D eigenvalue weighted by Gasteiger charge is -2.27. The van der Waals surface area contributed by atoms with Crippen LogP contribution in [0.5, 0.6) is 0 Å². The van der Waals surface area contributed by atoms with Crippen molar-refractivity contribution in [2.24, 2.45) is 5.92 Å². The number of hydrogen-bond donors (Lipinski definition) is 2. The summed E-state index contributed by atoms with van der Waals surface area (Å²) in [6.45, 7) is 6.90. The molecule has 1 atom stereocenters. The molecule has 0 radical (unpaired) electrons. The Labute approximate surface area is 132 Å². The Kier molecular flexibility index (Phi) is 5.43. The summed E-state index contributed by atoms with van der Waals surface area (Å²) in [5.74, 6) is 0.303. The molecule has 2 aliphatic rings. The van der Waals surface area contributed by atoms with Crippen molar-refractivity contribution in [2.45, 2.75) is 19.5 Å². The first-order chi connectivity index (χ1) is 10.8. The van der Waals surface area contributed by atoms with Crippen molar-refractivity contribution >= 4 is 5.91 Å². The van der Waals surface area contributed by atoms with Crippen LogP contribution in [0.2, 0.25) is 0 Å². The molecule has 0 spiro atoms. The summed E-state index contributed by atoms with van der Waals surface area (Å²) in [4.78, 5) is 14.5. The summed E-state index contributed by atoms with van der Waals surface area (Å²) in [7, 11) is 0. The van der Waals surface area contributed by atoms with Gasteiger partial charge in [-0.3, -0.25) is 9.69 Å². The number of nitrogens with zero attached hydrogens (tertiary/aromatic N) is 1. The van der Waals surface area contributed by atoms with Crippen LogP contribution >= 0.6 is 0 Å². The maximum Gasteiger partial charge on any atom is 0.224 e. The van der Waals surface area contributed by atoms with E-state index in [1.807, 2.05) is 6.07 Å². The Hall–Kier alpha value is -1.43. The minimum atomic E-state index is 0.131. The van der Waals surface area contributed by atoms with Gasteiger partial charge in [-0.05, 0) is 24.1 Å². The van der Waals surface area contributed by atoms with Crippen molar-refractivity contribution in [2.75, 3.05) is 39.4 Å². The number of nitrogens with one attached hydrogen (secondary N) is 2.